The number of rotatable bonds is 6. The van der Waals surface area contributed by atoms with Gasteiger partial charge < -0.3 is 15.1 Å². The zero-order valence-electron chi connectivity index (χ0n) is 17.7. The highest BCUT2D eigenvalue weighted by molar-refractivity contribution is 7.99. The molecule has 0 bridgehead atoms. The standard InChI is InChI=1S/C25H18ClN5O2S/c26-17-11-12-19-18(13-17)23(24(33)27-19)31-30-20(32)14-34-25-28-21(15-7-3-1-4-8-15)22(29-25)16-9-5-2-6-10-16/h1-13,27,33H,14H2,(H,28,29). The molecule has 34 heavy (non-hydrogen) atoms. The maximum Gasteiger partial charge on any atom is 0.275 e. The number of fused-ring (bicyclic) bond motifs is 1. The van der Waals surface area contributed by atoms with E-state index in [9.17, 15) is 9.90 Å². The van der Waals surface area contributed by atoms with Crippen molar-refractivity contribution in [1.82, 2.24) is 15.0 Å². The third-order valence-electron chi connectivity index (χ3n) is 5.10. The van der Waals surface area contributed by atoms with E-state index >= 15 is 0 Å². The lowest BCUT2D eigenvalue weighted by Crippen LogP contribution is -1.96. The van der Waals surface area contributed by atoms with E-state index in [1.807, 2.05) is 60.7 Å². The molecule has 7 nitrogen and oxygen atoms in total. The Morgan fingerprint density at radius 1 is 0.971 bits per heavy atom. The summed E-state index contributed by atoms with van der Waals surface area (Å²) >= 11 is 7.27. The van der Waals surface area contributed by atoms with E-state index in [4.69, 9.17) is 16.6 Å². The number of aromatic hydroxyl groups is 1. The molecule has 0 unspecified atom stereocenters. The largest absolute Gasteiger partial charge is 0.493 e. The van der Waals surface area contributed by atoms with Crippen molar-refractivity contribution in [3.05, 3.63) is 83.9 Å². The fourth-order valence-corrected chi connectivity index (χ4v) is 4.36. The molecule has 0 atom stereocenters. The molecule has 0 saturated heterocycles. The van der Waals surface area contributed by atoms with Gasteiger partial charge in [0.2, 0.25) is 5.88 Å². The van der Waals surface area contributed by atoms with Crippen LogP contribution in [-0.2, 0) is 4.79 Å². The van der Waals surface area contributed by atoms with Gasteiger partial charge in [-0.05, 0) is 18.2 Å². The number of nitrogens with zero attached hydrogens (tertiary/aromatic N) is 3. The second-order valence-electron chi connectivity index (χ2n) is 7.39. The minimum Gasteiger partial charge on any atom is -0.493 e. The average molecular weight is 488 g/mol. The van der Waals surface area contributed by atoms with Gasteiger partial charge in [0.1, 0.15) is 0 Å². The van der Waals surface area contributed by atoms with Crippen LogP contribution in [0.4, 0.5) is 5.69 Å². The number of hydrogen-bond acceptors (Lipinski definition) is 5. The second kappa shape index (κ2) is 9.54. The lowest BCUT2D eigenvalue weighted by atomic mass is 10.1. The third kappa shape index (κ3) is 4.59. The summed E-state index contributed by atoms with van der Waals surface area (Å²) < 4.78 is 0. The van der Waals surface area contributed by atoms with Crippen LogP contribution in [0, 0.1) is 0 Å². The second-order valence-corrected chi connectivity index (χ2v) is 8.79. The number of aromatic amines is 2. The van der Waals surface area contributed by atoms with Crippen LogP contribution in [-0.4, -0.2) is 31.7 Å². The molecule has 0 radical (unpaired) electrons. The van der Waals surface area contributed by atoms with Gasteiger partial charge in [-0.25, -0.2) is 4.98 Å². The summed E-state index contributed by atoms with van der Waals surface area (Å²) in [7, 11) is 0. The van der Waals surface area contributed by atoms with Crippen molar-refractivity contribution in [3.8, 4) is 28.4 Å². The van der Waals surface area contributed by atoms with Crippen molar-refractivity contribution < 1.29 is 9.90 Å². The first-order valence-corrected chi connectivity index (χ1v) is 11.7. The van der Waals surface area contributed by atoms with Crippen molar-refractivity contribution in [2.45, 2.75) is 5.16 Å². The molecule has 1 amide bonds. The number of hydrogen-bond donors (Lipinski definition) is 3. The third-order valence-corrected chi connectivity index (χ3v) is 6.19. The Labute approximate surface area is 203 Å². The molecule has 5 rings (SSSR count). The first-order valence-electron chi connectivity index (χ1n) is 10.4. The first-order chi connectivity index (χ1) is 16.6. The lowest BCUT2D eigenvalue weighted by Gasteiger charge is -2.02. The minimum absolute atomic E-state index is 0.0311. The molecule has 2 heterocycles. The number of nitrogens with one attached hydrogen (secondary N) is 2. The highest BCUT2D eigenvalue weighted by atomic mass is 35.5. The lowest BCUT2D eigenvalue weighted by molar-refractivity contribution is -0.115. The number of thioether (sulfide) groups is 1. The quantitative estimate of drug-likeness (QED) is 0.177. The molecule has 0 aliphatic heterocycles. The molecule has 3 aromatic carbocycles. The number of carbonyl (C=O) groups is 1. The molecule has 2 aromatic heterocycles. The molecular weight excluding hydrogens is 470 g/mol. The average Bonchev–Trinajstić information content (AvgIpc) is 3.43. The van der Waals surface area contributed by atoms with Crippen molar-refractivity contribution in [2.24, 2.45) is 10.2 Å². The minimum atomic E-state index is -0.459. The summed E-state index contributed by atoms with van der Waals surface area (Å²) in [5.41, 5.74) is 4.48. The van der Waals surface area contributed by atoms with Gasteiger partial charge in [-0.15, -0.1) is 10.2 Å². The van der Waals surface area contributed by atoms with Gasteiger partial charge in [-0.3, -0.25) is 4.79 Å². The molecular formula is C25H18ClN5O2S. The van der Waals surface area contributed by atoms with Crippen LogP contribution in [0.5, 0.6) is 5.88 Å². The van der Waals surface area contributed by atoms with Crippen molar-refractivity contribution in [3.63, 3.8) is 0 Å². The van der Waals surface area contributed by atoms with E-state index in [2.05, 4.69) is 20.2 Å². The summed E-state index contributed by atoms with van der Waals surface area (Å²) in [6, 6.07) is 24.8. The SMILES string of the molecule is O=C(CSc1nc(-c2ccccc2)c(-c2ccccc2)[nH]1)N=Nc1c(O)[nH]c2ccc(Cl)cc12. The predicted octanol–water partition coefficient (Wildman–Crippen LogP) is 6.99. The van der Waals surface area contributed by atoms with Gasteiger partial charge in [0.25, 0.3) is 5.91 Å². The predicted molar refractivity (Wildman–Crippen MR) is 135 cm³/mol. The smallest absolute Gasteiger partial charge is 0.275 e. The van der Waals surface area contributed by atoms with Crippen LogP contribution in [0.25, 0.3) is 33.4 Å². The summed E-state index contributed by atoms with van der Waals surface area (Å²) in [6.07, 6.45) is 0. The molecule has 3 N–H and O–H groups in total. The normalized spacial score (nSPS) is 11.4. The van der Waals surface area contributed by atoms with Gasteiger partial charge in [-0.1, -0.05) is 84.0 Å². The zero-order valence-corrected chi connectivity index (χ0v) is 19.3. The van der Waals surface area contributed by atoms with Crippen LogP contribution in [0.3, 0.4) is 0 Å². The Kier molecular flexibility index (Phi) is 6.16. The topological polar surface area (TPSA) is 106 Å². The van der Waals surface area contributed by atoms with Gasteiger partial charge in [-0.2, -0.15) is 0 Å². The summed E-state index contributed by atoms with van der Waals surface area (Å²) in [6.45, 7) is 0. The number of H-pyrrole nitrogens is 2. The summed E-state index contributed by atoms with van der Waals surface area (Å²) in [4.78, 5) is 23.3. The van der Waals surface area contributed by atoms with Crippen molar-refractivity contribution in [2.75, 3.05) is 5.75 Å². The van der Waals surface area contributed by atoms with Gasteiger partial charge >= 0.3 is 0 Å². The van der Waals surface area contributed by atoms with Gasteiger partial charge in [0, 0.05) is 21.5 Å². The Hall–Kier alpha value is -3.88. The van der Waals surface area contributed by atoms with Crippen LogP contribution < -0.4 is 0 Å². The Morgan fingerprint density at radius 3 is 2.41 bits per heavy atom. The van der Waals surface area contributed by atoms with Crippen molar-refractivity contribution >= 4 is 45.9 Å². The van der Waals surface area contributed by atoms with Crippen LogP contribution in [0.15, 0.2) is 94.2 Å². The van der Waals surface area contributed by atoms with Crippen LogP contribution >= 0.6 is 23.4 Å². The fraction of sp³-hybridized carbons (Fsp3) is 0.0400. The van der Waals surface area contributed by atoms with E-state index in [0.29, 0.717) is 21.1 Å². The van der Waals surface area contributed by atoms with Crippen molar-refractivity contribution in [1.29, 1.82) is 0 Å². The van der Waals surface area contributed by atoms with Crippen LogP contribution in [0.2, 0.25) is 5.02 Å². The molecule has 0 spiro atoms. The van der Waals surface area contributed by atoms with Gasteiger partial charge in [0.05, 0.1) is 22.7 Å². The summed E-state index contributed by atoms with van der Waals surface area (Å²) in [5, 5.41) is 19.5. The highest BCUT2D eigenvalue weighted by Gasteiger charge is 2.16. The van der Waals surface area contributed by atoms with Crippen LogP contribution in [0.1, 0.15) is 0 Å². The number of amides is 1. The van der Waals surface area contributed by atoms with E-state index in [0.717, 1.165) is 22.5 Å². The number of imidazole rings is 1. The van der Waals surface area contributed by atoms with E-state index in [1.165, 1.54) is 11.8 Å². The Bertz CT molecular complexity index is 1440. The van der Waals surface area contributed by atoms with E-state index < -0.39 is 5.91 Å². The molecule has 0 aliphatic rings. The van der Waals surface area contributed by atoms with E-state index in [-0.39, 0.29) is 17.3 Å². The fourth-order valence-electron chi connectivity index (χ4n) is 3.54. The number of azo groups is 1. The van der Waals surface area contributed by atoms with Gasteiger partial charge in [0.15, 0.2) is 10.8 Å². The molecule has 0 fully saturated rings. The molecule has 168 valence electrons. The number of carbonyl (C=O) groups excluding carboxylic acids is 1. The maximum atomic E-state index is 12.4. The number of halogens is 1. The zero-order chi connectivity index (χ0) is 23.5. The highest BCUT2D eigenvalue weighted by Crippen LogP contribution is 2.37. The van der Waals surface area contributed by atoms with E-state index in [1.54, 1.807) is 18.2 Å². The number of aromatic nitrogens is 3. The first kappa shape index (κ1) is 21.9. The molecule has 5 aromatic rings. The Balaban J connectivity index is 1.35. The molecule has 9 heteroatoms. The molecule has 0 aliphatic carbocycles. The monoisotopic (exact) mass is 487 g/mol. The maximum absolute atomic E-state index is 12.4. The molecule has 0 saturated carbocycles. The Morgan fingerprint density at radius 2 is 1.68 bits per heavy atom. The number of benzene rings is 3. The summed E-state index contributed by atoms with van der Waals surface area (Å²) in [5.74, 6) is -0.601.